The zero-order valence-corrected chi connectivity index (χ0v) is 19.2. The van der Waals surface area contributed by atoms with Gasteiger partial charge in [0.05, 0.1) is 24.4 Å². The Bertz CT molecular complexity index is 1190. The Kier molecular flexibility index (Phi) is 7.87. The first-order valence-corrected chi connectivity index (χ1v) is 11.5. The fourth-order valence-corrected chi connectivity index (χ4v) is 4.37. The molecule has 0 aromatic heterocycles. The van der Waals surface area contributed by atoms with Crippen molar-refractivity contribution in [3.05, 3.63) is 88.9 Å². The van der Waals surface area contributed by atoms with Crippen LogP contribution in [0.2, 0.25) is 5.02 Å². The van der Waals surface area contributed by atoms with Crippen LogP contribution in [0.3, 0.4) is 0 Å². The Labute approximate surface area is 192 Å². The summed E-state index contributed by atoms with van der Waals surface area (Å²) in [5, 5.41) is 2.75. The summed E-state index contributed by atoms with van der Waals surface area (Å²) in [6.07, 6.45) is 0.717. The van der Waals surface area contributed by atoms with Crippen LogP contribution in [0, 0.1) is 0 Å². The molecule has 3 rings (SSSR count). The van der Waals surface area contributed by atoms with Crippen LogP contribution in [0.1, 0.15) is 15.9 Å². The number of amides is 1. The number of carbonyl (C=O) groups excluding carboxylic acids is 1. The second-order valence-corrected chi connectivity index (χ2v) is 9.09. The SMILES string of the molecule is CON(C)S(=O)(=O)c1cc(C(=O)Nc2ccccc2OCCc2ccccc2)ccc1Cl. The molecule has 0 fully saturated rings. The van der Waals surface area contributed by atoms with Gasteiger partial charge in [-0.1, -0.05) is 58.5 Å². The summed E-state index contributed by atoms with van der Waals surface area (Å²) < 4.78 is 31.7. The number of benzene rings is 3. The van der Waals surface area contributed by atoms with Gasteiger partial charge in [0.15, 0.2) is 0 Å². The summed E-state index contributed by atoms with van der Waals surface area (Å²) in [4.78, 5) is 17.4. The standard InChI is InChI=1S/C23H23ClN2O5S/c1-26(30-2)32(28,29)22-16-18(12-13-19(22)24)23(27)25-20-10-6-7-11-21(20)31-15-14-17-8-4-3-5-9-17/h3-13,16H,14-15H2,1-2H3,(H,25,27). The van der Waals surface area contributed by atoms with Crippen LogP contribution in [0.25, 0.3) is 0 Å². The van der Waals surface area contributed by atoms with Gasteiger partial charge in [0, 0.05) is 19.0 Å². The van der Waals surface area contributed by atoms with E-state index in [4.69, 9.17) is 21.2 Å². The first-order chi connectivity index (χ1) is 15.3. The van der Waals surface area contributed by atoms with Crippen LogP contribution in [-0.4, -0.2) is 39.6 Å². The quantitative estimate of drug-likeness (QED) is 0.465. The molecule has 9 heteroatoms. The summed E-state index contributed by atoms with van der Waals surface area (Å²) in [6.45, 7) is 0.434. The number of hydrogen-bond donors (Lipinski definition) is 1. The van der Waals surface area contributed by atoms with Gasteiger partial charge in [-0.05, 0) is 35.9 Å². The number of rotatable bonds is 9. The third-order valence-electron chi connectivity index (χ3n) is 4.69. The van der Waals surface area contributed by atoms with Gasteiger partial charge < -0.3 is 10.1 Å². The lowest BCUT2D eigenvalue weighted by atomic mass is 10.2. The molecule has 0 aliphatic heterocycles. The predicted octanol–water partition coefficient (Wildman–Crippen LogP) is 4.40. The monoisotopic (exact) mass is 474 g/mol. The van der Waals surface area contributed by atoms with Crippen molar-refractivity contribution in [2.45, 2.75) is 11.3 Å². The molecule has 0 saturated carbocycles. The fraction of sp³-hybridized carbons (Fsp3) is 0.174. The van der Waals surface area contributed by atoms with Crippen molar-refractivity contribution < 1.29 is 22.8 Å². The molecule has 0 spiro atoms. The highest BCUT2D eigenvalue weighted by atomic mass is 35.5. The molecule has 1 N–H and O–H groups in total. The summed E-state index contributed by atoms with van der Waals surface area (Å²) in [6, 6.07) is 21.0. The van der Waals surface area contributed by atoms with E-state index in [1.165, 1.54) is 32.4 Å². The van der Waals surface area contributed by atoms with Gasteiger partial charge in [-0.2, -0.15) is 0 Å². The summed E-state index contributed by atoms with van der Waals surface area (Å²) in [7, 11) is -1.56. The Morgan fingerprint density at radius 3 is 2.44 bits per heavy atom. The molecule has 168 valence electrons. The smallest absolute Gasteiger partial charge is 0.266 e. The Morgan fingerprint density at radius 2 is 1.72 bits per heavy atom. The topological polar surface area (TPSA) is 84.9 Å². The minimum absolute atomic E-state index is 0.0184. The van der Waals surface area contributed by atoms with Gasteiger partial charge in [-0.25, -0.2) is 8.42 Å². The molecule has 0 unspecified atom stereocenters. The summed E-state index contributed by atoms with van der Waals surface area (Å²) in [5.74, 6) is 0.00926. The fourth-order valence-electron chi connectivity index (χ4n) is 2.89. The number of nitrogens with one attached hydrogen (secondary N) is 1. The molecule has 0 saturated heterocycles. The van der Waals surface area contributed by atoms with E-state index in [1.807, 2.05) is 30.3 Å². The summed E-state index contributed by atoms with van der Waals surface area (Å²) >= 11 is 6.07. The number of anilines is 1. The van der Waals surface area contributed by atoms with E-state index in [1.54, 1.807) is 24.3 Å². The van der Waals surface area contributed by atoms with Gasteiger partial charge in [0.1, 0.15) is 10.6 Å². The van der Waals surface area contributed by atoms with E-state index >= 15 is 0 Å². The van der Waals surface area contributed by atoms with Crippen LogP contribution in [0.15, 0.2) is 77.7 Å². The van der Waals surface area contributed by atoms with Crippen molar-refractivity contribution in [3.8, 4) is 5.75 Å². The highest BCUT2D eigenvalue weighted by molar-refractivity contribution is 7.89. The van der Waals surface area contributed by atoms with Gasteiger partial charge in [-0.15, -0.1) is 0 Å². The molecule has 3 aromatic carbocycles. The van der Waals surface area contributed by atoms with Crippen LogP contribution in [0.4, 0.5) is 5.69 Å². The first kappa shape index (κ1) is 23.7. The third-order valence-corrected chi connectivity index (χ3v) is 6.85. The van der Waals surface area contributed by atoms with E-state index < -0.39 is 15.9 Å². The number of nitrogens with zero attached hydrogens (tertiary/aromatic N) is 1. The number of hydrogen-bond acceptors (Lipinski definition) is 5. The van der Waals surface area contributed by atoms with Gasteiger partial charge in [0.25, 0.3) is 15.9 Å². The lowest BCUT2D eigenvalue weighted by Gasteiger charge is -2.16. The second kappa shape index (κ2) is 10.6. The molecular weight excluding hydrogens is 452 g/mol. The largest absolute Gasteiger partial charge is 0.491 e. The molecular formula is C23H23ClN2O5S. The molecule has 32 heavy (non-hydrogen) atoms. The maximum absolute atomic E-state index is 12.8. The lowest BCUT2D eigenvalue weighted by Crippen LogP contribution is -2.26. The van der Waals surface area contributed by atoms with Crippen LogP contribution < -0.4 is 10.1 Å². The van der Waals surface area contributed by atoms with E-state index in [-0.39, 0.29) is 15.5 Å². The third kappa shape index (κ3) is 5.66. The van der Waals surface area contributed by atoms with Crippen molar-refractivity contribution in [3.63, 3.8) is 0 Å². The zero-order chi connectivity index (χ0) is 23.1. The molecule has 7 nitrogen and oxygen atoms in total. The maximum Gasteiger partial charge on any atom is 0.266 e. The number of ether oxygens (including phenoxy) is 1. The second-order valence-electron chi connectivity index (χ2n) is 6.78. The van der Waals surface area contributed by atoms with E-state index in [0.717, 1.165) is 5.56 Å². The average molecular weight is 475 g/mol. The van der Waals surface area contributed by atoms with Crippen molar-refractivity contribution in [2.24, 2.45) is 0 Å². The van der Waals surface area contributed by atoms with Crippen LogP contribution >= 0.6 is 11.6 Å². The van der Waals surface area contributed by atoms with Crippen LogP contribution in [-0.2, 0) is 21.3 Å². The maximum atomic E-state index is 12.8. The molecule has 0 heterocycles. The lowest BCUT2D eigenvalue weighted by molar-refractivity contribution is -0.0258. The van der Waals surface area contributed by atoms with Gasteiger partial charge in [0.2, 0.25) is 0 Å². The van der Waals surface area contributed by atoms with E-state index in [2.05, 4.69) is 5.32 Å². The van der Waals surface area contributed by atoms with Gasteiger partial charge >= 0.3 is 0 Å². The van der Waals surface area contributed by atoms with Crippen molar-refractivity contribution in [1.29, 1.82) is 0 Å². The van der Waals surface area contributed by atoms with Gasteiger partial charge in [-0.3, -0.25) is 9.63 Å². The molecule has 0 atom stereocenters. The Morgan fingerprint density at radius 1 is 1.03 bits per heavy atom. The van der Waals surface area contributed by atoms with Crippen molar-refractivity contribution in [1.82, 2.24) is 4.47 Å². The normalized spacial score (nSPS) is 11.4. The highest BCUT2D eigenvalue weighted by Crippen LogP contribution is 2.28. The predicted molar refractivity (Wildman–Crippen MR) is 123 cm³/mol. The van der Waals surface area contributed by atoms with Crippen LogP contribution in [0.5, 0.6) is 5.75 Å². The van der Waals surface area contributed by atoms with E-state index in [9.17, 15) is 13.2 Å². The number of hydroxylamine groups is 1. The molecule has 0 aliphatic rings. The number of halogens is 1. The molecule has 0 aliphatic carbocycles. The first-order valence-electron chi connectivity index (χ1n) is 9.72. The minimum Gasteiger partial charge on any atom is -0.491 e. The van der Waals surface area contributed by atoms with Crippen molar-refractivity contribution in [2.75, 3.05) is 26.1 Å². The number of sulfonamides is 1. The molecule has 0 radical (unpaired) electrons. The molecule has 3 aromatic rings. The minimum atomic E-state index is -4.02. The zero-order valence-electron chi connectivity index (χ0n) is 17.6. The summed E-state index contributed by atoms with van der Waals surface area (Å²) in [5.41, 5.74) is 1.74. The Balaban J connectivity index is 1.76. The van der Waals surface area contributed by atoms with Crippen molar-refractivity contribution >= 4 is 33.2 Å². The molecule has 1 amide bonds. The molecule has 0 bridgehead atoms. The van der Waals surface area contributed by atoms with E-state index in [0.29, 0.717) is 28.9 Å². The Hall–Kier alpha value is -2.91. The highest BCUT2D eigenvalue weighted by Gasteiger charge is 2.25. The number of para-hydroxylation sites is 2. The average Bonchev–Trinajstić information content (AvgIpc) is 2.80. The number of carbonyl (C=O) groups is 1.